The largest absolute Gasteiger partial charge is 0.391 e. The quantitative estimate of drug-likeness (QED) is 0.720. The number of aliphatic hydroxyl groups is 1. The molecule has 1 heterocycles. The van der Waals surface area contributed by atoms with Crippen LogP contribution >= 0.6 is 11.6 Å². The Bertz CT molecular complexity index is 428. The molecule has 2 amide bonds. The summed E-state index contributed by atoms with van der Waals surface area (Å²) in [4.78, 5) is 15.6. The highest BCUT2D eigenvalue weighted by atomic mass is 35.5. The fraction of sp³-hybridized carbons (Fsp3) is 0.500. The van der Waals surface area contributed by atoms with E-state index in [-0.39, 0.29) is 17.2 Å². The molecule has 98 valence electrons. The number of anilines is 1. The molecule has 0 spiro atoms. The van der Waals surface area contributed by atoms with Gasteiger partial charge in [-0.15, -0.1) is 0 Å². The first kappa shape index (κ1) is 13.1. The van der Waals surface area contributed by atoms with Crippen molar-refractivity contribution in [2.45, 2.75) is 37.8 Å². The van der Waals surface area contributed by atoms with E-state index in [0.717, 1.165) is 25.7 Å². The predicted octanol–water partition coefficient (Wildman–Crippen LogP) is 2.16. The van der Waals surface area contributed by atoms with Crippen molar-refractivity contribution in [2.75, 3.05) is 5.32 Å². The second kappa shape index (κ2) is 6.02. The molecule has 0 aliphatic heterocycles. The zero-order valence-electron chi connectivity index (χ0n) is 9.90. The number of carbonyl (C=O) groups excluding carboxylic acids is 1. The number of rotatable bonds is 2. The number of halogens is 1. The number of aliphatic hydroxyl groups excluding tert-OH is 1. The molecule has 0 radical (unpaired) electrons. The summed E-state index contributed by atoms with van der Waals surface area (Å²) in [6, 6.07) is 2.81. The minimum atomic E-state index is -0.464. The van der Waals surface area contributed by atoms with Crippen molar-refractivity contribution in [1.29, 1.82) is 0 Å². The van der Waals surface area contributed by atoms with Crippen LogP contribution in [0.1, 0.15) is 25.7 Å². The lowest BCUT2D eigenvalue weighted by atomic mass is 9.93. The molecule has 3 N–H and O–H groups in total. The maximum atomic E-state index is 11.8. The monoisotopic (exact) mass is 269 g/mol. The third-order valence-electron chi connectivity index (χ3n) is 3.05. The van der Waals surface area contributed by atoms with Crippen LogP contribution in [0.5, 0.6) is 0 Å². The van der Waals surface area contributed by atoms with Crippen LogP contribution in [0.15, 0.2) is 18.3 Å². The van der Waals surface area contributed by atoms with Crippen LogP contribution in [0.3, 0.4) is 0 Å². The number of amides is 2. The summed E-state index contributed by atoms with van der Waals surface area (Å²) in [5.41, 5.74) is 0.460. The van der Waals surface area contributed by atoms with Crippen LogP contribution in [0.2, 0.25) is 5.15 Å². The molecule has 0 bridgehead atoms. The lowest BCUT2D eigenvalue weighted by molar-refractivity contribution is 0.0955. The van der Waals surface area contributed by atoms with Crippen molar-refractivity contribution >= 4 is 23.3 Å². The maximum absolute atomic E-state index is 11.8. The van der Waals surface area contributed by atoms with E-state index in [9.17, 15) is 9.90 Å². The van der Waals surface area contributed by atoms with Crippen LogP contribution in [0.4, 0.5) is 10.5 Å². The van der Waals surface area contributed by atoms with Gasteiger partial charge in [0.15, 0.2) is 5.15 Å². The minimum Gasteiger partial charge on any atom is -0.391 e. The van der Waals surface area contributed by atoms with Gasteiger partial charge in [-0.2, -0.15) is 0 Å². The van der Waals surface area contributed by atoms with Crippen molar-refractivity contribution in [3.63, 3.8) is 0 Å². The Hall–Kier alpha value is -1.33. The highest BCUT2D eigenvalue weighted by Crippen LogP contribution is 2.20. The molecule has 5 nitrogen and oxygen atoms in total. The molecule has 0 aromatic carbocycles. The number of nitrogens with one attached hydrogen (secondary N) is 2. The van der Waals surface area contributed by atoms with Gasteiger partial charge in [0.1, 0.15) is 0 Å². The highest BCUT2D eigenvalue weighted by Gasteiger charge is 2.24. The van der Waals surface area contributed by atoms with Crippen LogP contribution in [-0.4, -0.2) is 28.3 Å². The smallest absolute Gasteiger partial charge is 0.319 e. The molecule has 1 aliphatic rings. The Kier molecular flexibility index (Phi) is 4.38. The van der Waals surface area contributed by atoms with E-state index in [1.54, 1.807) is 18.3 Å². The van der Waals surface area contributed by atoms with Gasteiger partial charge in [0.2, 0.25) is 0 Å². The van der Waals surface area contributed by atoms with Gasteiger partial charge in [-0.3, -0.25) is 0 Å². The third-order valence-corrected chi connectivity index (χ3v) is 3.35. The van der Waals surface area contributed by atoms with Crippen LogP contribution < -0.4 is 10.6 Å². The van der Waals surface area contributed by atoms with Crippen molar-refractivity contribution in [2.24, 2.45) is 0 Å². The van der Waals surface area contributed by atoms with Gasteiger partial charge in [0.25, 0.3) is 0 Å². The Morgan fingerprint density at radius 3 is 2.94 bits per heavy atom. The summed E-state index contributed by atoms with van der Waals surface area (Å²) in [5, 5.41) is 15.4. The summed E-state index contributed by atoms with van der Waals surface area (Å²) >= 11 is 5.84. The zero-order chi connectivity index (χ0) is 13.0. The van der Waals surface area contributed by atoms with E-state index in [1.807, 2.05) is 0 Å². The van der Waals surface area contributed by atoms with E-state index in [0.29, 0.717) is 5.69 Å². The summed E-state index contributed by atoms with van der Waals surface area (Å²) in [6.07, 6.45) is 4.66. The molecule has 1 aromatic heterocycles. The van der Waals surface area contributed by atoms with E-state index in [4.69, 9.17) is 11.6 Å². The van der Waals surface area contributed by atoms with Gasteiger partial charge >= 0.3 is 6.03 Å². The molecule has 1 aromatic rings. The lowest BCUT2D eigenvalue weighted by Crippen LogP contribution is -2.46. The average molecular weight is 270 g/mol. The number of aromatic nitrogens is 1. The van der Waals surface area contributed by atoms with E-state index >= 15 is 0 Å². The SMILES string of the molecule is O=C(Nc1cccnc1Cl)N[C@H]1CCCC[C@H]1O. The third kappa shape index (κ3) is 3.34. The van der Waals surface area contributed by atoms with Gasteiger partial charge in [-0.05, 0) is 25.0 Å². The zero-order valence-corrected chi connectivity index (χ0v) is 10.7. The number of urea groups is 1. The Balaban J connectivity index is 1.90. The number of hydrogen-bond donors (Lipinski definition) is 3. The maximum Gasteiger partial charge on any atom is 0.319 e. The van der Waals surface area contributed by atoms with E-state index in [2.05, 4.69) is 15.6 Å². The molecule has 6 heteroatoms. The van der Waals surface area contributed by atoms with Crippen molar-refractivity contribution < 1.29 is 9.90 Å². The normalized spacial score (nSPS) is 23.4. The first-order valence-electron chi connectivity index (χ1n) is 6.03. The fourth-order valence-corrected chi connectivity index (χ4v) is 2.25. The molecule has 2 atom stereocenters. The van der Waals surface area contributed by atoms with Crippen molar-refractivity contribution in [1.82, 2.24) is 10.3 Å². The number of carbonyl (C=O) groups is 1. The van der Waals surface area contributed by atoms with E-state index in [1.165, 1.54) is 0 Å². The first-order valence-corrected chi connectivity index (χ1v) is 6.40. The predicted molar refractivity (Wildman–Crippen MR) is 69.7 cm³/mol. The number of hydrogen-bond acceptors (Lipinski definition) is 3. The van der Waals surface area contributed by atoms with Crippen molar-refractivity contribution in [3.8, 4) is 0 Å². The number of nitrogens with zero attached hydrogens (tertiary/aromatic N) is 1. The Morgan fingerprint density at radius 2 is 2.22 bits per heavy atom. The standard InChI is InChI=1S/C12H16ClN3O2/c13-11-9(5-3-7-14-11)16-12(18)15-8-4-1-2-6-10(8)17/h3,5,7-8,10,17H,1-2,4,6H2,(H2,15,16,18)/t8-,10+/m0/s1. The van der Waals surface area contributed by atoms with Gasteiger partial charge < -0.3 is 15.7 Å². The molecular formula is C12H16ClN3O2. The second-order valence-electron chi connectivity index (χ2n) is 4.40. The lowest BCUT2D eigenvalue weighted by Gasteiger charge is -2.28. The Labute approximate surface area is 111 Å². The molecule has 1 aliphatic carbocycles. The molecule has 1 saturated carbocycles. The van der Waals surface area contributed by atoms with E-state index < -0.39 is 6.10 Å². The molecule has 0 saturated heterocycles. The van der Waals surface area contributed by atoms with Gasteiger partial charge in [0, 0.05) is 6.20 Å². The summed E-state index contributed by atoms with van der Waals surface area (Å²) in [6.45, 7) is 0. The average Bonchev–Trinajstić information content (AvgIpc) is 2.35. The molecule has 1 fully saturated rings. The summed E-state index contributed by atoms with van der Waals surface area (Å²) in [5.74, 6) is 0. The van der Waals surface area contributed by atoms with Gasteiger partial charge in [-0.1, -0.05) is 24.4 Å². The van der Waals surface area contributed by atoms with Crippen LogP contribution in [0, 0.1) is 0 Å². The molecule has 2 rings (SSSR count). The minimum absolute atomic E-state index is 0.186. The second-order valence-corrected chi connectivity index (χ2v) is 4.76. The Morgan fingerprint density at radius 1 is 1.44 bits per heavy atom. The van der Waals surface area contributed by atoms with Crippen molar-refractivity contribution in [3.05, 3.63) is 23.5 Å². The highest BCUT2D eigenvalue weighted by molar-refractivity contribution is 6.32. The topological polar surface area (TPSA) is 74.2 Å². The summed E-state index contributed by atoms with van der Waals surface area (Å²) in [7, 11) is 0. The van der Waals surface area contributed by atoms with Crippen LogP contribution in [0.25, 0.3) is 0 Å². The van der Waals surface area contributed by atoms with Gasteiger partial charge in [-0.25, -0.2) is 9.78 Å². The van der Waals surface area contributed by atoms with Crippen LogP contribution in [-0.2, 0) is 0 Å². The molecular weight excluding hydrogens is 254 g/mol. The van der Waals surface area contributed by atoms with Gasteiger partial charge in [0.05, 0.1) is 17.8 Å². The summed E-state index contributed by atoms with van der Waals surface area (Å²) < 4.78 is 0. The molecule has 18 heavy (non-hydrogen) atoms. The first-order chi connectivity index (χ1) is 8.66. The fourth-order valence-electron chi connectivity index (χ4n) is 2.09. The number of pyridine rings is 1. The molecule has 0 unspecified atom stereocenters.